The molecule has 0 saturated heterocycles. The van der Waals surface area contributed by atoms with Crippen LogP contribution < -0.4 is 14.6 Å². The van der Waals surface area contributed by atoms with Gasteiger partial charge in [0.25, 0.3) is 15.6 Å². The minimum atomic E-state index is -3.97. The van der Waals surface area contributed by atoms with Gasteiger partial charge in [0.1, 0.15) is 22.1 Å². The number of aromatic nitrogens is 3. The fraction of sp³-hybridized carbons (Fsp3) is 0.105. The van der Waals surface area contributed by atoms with Gasteiger partial charge in [-0.3, -0.25) is 4.79 Å². The third-order valence-corrected chi connectivity index (χ3v) is 7.40. The van der Waals surface area contributed by atoms with Crippen molar-refractivity contribution < 1.29 is 13.2 Å². The van der Waals surface area contributed by atoms with Crippen LogP contribution in [0.5, 0.6) is 5.75 Å². The zero-order valence-electron chi connectivity index (χ0n) is 15.3. The largest absolute Gasteiger partial charge is 0.495 e. The van der Waals surface area contributed by atoms with E-state index in [1.54, 1.807) is 60.0 Å². The second kappa shape index (κ2) is 7.64. The molecule has 148 valence electrons. The number of thiophene rings is 1. The highest BCUT2D eigenvalue weighted by Crippen LogP contribution is 2.33. The Bertz CT molecular complexity index is 1320. The summed E-state index contributed by atoms with van der Waals surface area (Å²) in [5.74, 6) is 0.356. The maximum atomic E-state index is 13.4. The minimum Gasteiger partial charge on any atom is -0.495 e. The molecule has 0 atom stereocenters. The molecule has 0 amide bonds. The molecule has 10 heteroatoms. The summed E-state index contributed by atoms with van der Waals surface area (Å²) in [7, 11) is -2.51. The Morgan fingerprint density at radius 2 is 1.83 bits per heavy atom. The van der Waals surface area contributed by atoms with Crippen LogP contribution in [0.1, 0.15) is 0 Å². The van der Waals surface area contributed by atoms with Crippen molar-refractivity contribution >= 4 is 38.0 Å². The van der Waals surface area contributed by atoms with Gasteiger partial charge >= 0.3 is 0 Å². The molecule has 29 heavy (non-hydrogen) atoms. The monoisotopic (exact) mass is 428 g/mol. The third kappa shape index (κ3) is 3.47. The van der Waals surface area contributed by atoms with Gasteiger partial charge in [-0.2, -0.15) is 4.68 Å². The zero-order chi connectivity index (χ0) is 20.4. The van der Waals surface area contributed by atoms with Crippen LogP contribution in [0.4, 0.5) is 5.69 Å². The Labute approximate surface area is 170 Å². The van der Waals surface area contributed by atoms with E-state index in [1.165, 1.54) is 13.2 Å². The maximum Gasteiger partial charge on any atom is 0.279 e. The van der Waals surface area contributed by atoms with E-state index >= 15 is 0 Å². The maximum absolute atomic E-state index is 13.4. The van der Waals surface area contributed by atoms with Crippen molar-refractivity contribution in [3.8, 4) is 5.75 Å². The van der Waals surface area contributed by atoms with Crippen LogP contribution in [0.3, 0.4) is 0 Å². The van der Waals surface area contributed by atoms with Crippen molar-refractivity contribution in [3.05, 3.63) is 76.4 Å². The lowest BCUT2D eigenvalue weighted by atomic mass is 10.2. The van der Waals surface area contributed by atoms with E-state index in [0.29, 0.717) is 22.3 Å². The van der Waals surface area contributed by atoms with Crippen molar-refractivity contribution in [2.45, 2.75) is 10.9 Å². The van der Waals surface area contributed by atoms with Crippen molar-refractivity contribution in [3.63, 3.8) is 0 Å². The highest BCUT2D eigenvalue weighted by atomic mass is 32.2. The summed E-state index contributed by atoms with van der Waals surface area (Å²) >= 11 is 1.09. The Morgan fingerprint density at radius 1 is 1.07 bits per heavy atom. The van der Waals surface area contributed by atoms with Crippen LogP contribution in [-0.2, 0) is 16.7 Å². The topological polar surface area (TPSA) is 94.4 Å². The first kappa shape index (κ1) is 19.1. The van der Waals surface area contributed by atoms with Crippen molar-refractivity contribution in [2.24, 2.45) is 0 Å². The van der Waals surface area contributed by atoms with Crippen molar-refractivity contribution in [1.29, 1.82) is 0 Å². The second-order valence-corrected chi connectivity index (χ2v) is 9.05. The molecule has 0 aliphatic carbocycles. The molecule has 0 spiro atoms. The number of hydrogen-bond donors (Lipinski definition) is 0. The Morgan fingerprint density at radius 3 is 2.59 bits per heavy atom. The van der Waals surface area contributed by atoms with E-state index in [4.69, 9.17) is 4.74 Å². The van der Waals surface area contributed by atoms with Gasteiger partial charge in [-0.25, -0.2) is 12.7 Å². The number of rotatable bonds is 6. The van der Waals surface area contributed by atoms with Gasteiger partial charge in [-0.15, -0.1) is 16.4 Å². The van der Waals surface area contributed by atoms with E-state index < -0.39 is 15.6 Å². The molecule has 8 nitrogen and oxygen atoms in total. The van der Waals surface area contributed by atoms with E-state index in [1.807, 2.05) is 0 Å². The van der Waals surface area contributed by atoms with E-state index in [-0.39, 0.29) is 10.9 Å². The van der Waals surface area contributed by atoms with Crippen LogP contribution in [0.25, 0.3) is 10.9 Å². The molecule has 0 bridgehead atoms. The molecule has 2 aromatic carbocycles. The van der Waals surface area contributed by atoms with Crippen LogP contribution in [0.2, 0.25) is 0 Å². The van der Waals surface area contributed by atoms with Gasteiger partial charge in [0, 0.05) is 0 Å². The van der Waals surface area contributed by atoms with E-state index in [9.17, 15) is 13.2 Å². The van der Waals surface area contributed by atoms with Crippen LogP contribution in [0.15, 0.2) is 75.0 Å². The van der Waals surface area contributed by atoms with Gasteiger partial charge in [-0.05, 0) is 35.7 Å². The molecule has 0 aliphatic rings. The predicted molar refractivity (Wildman–Crippen MR) is 111 cm³/mol. The summed E-state index contributed by atoms with van der Waals surface area (Å²) in [5.41, 5.74) is 0.306. The SMILES string of the molecule is COc1ccccc1N(Cn1nnc2ccccc2c1=O)S(=O)(=O)c1cccs1. The lowest BCUT2D eigenvalue weighted by Crippen LogP contribution is -2.38. The van der Waals surface area contributed by atoms with Crippen molar-refractivity contribution in [1.82, 2.24) is 15.0 Å². The Kier molecular flexibility index (Phi) is 5.03. The Hall–Kier alpha value is -3.24. The van der Waals surface area contributed by atoms with Crippen molar-refractivity contribution in [2.75, 3.05) is 11.4 Å². The van der Waals surface area contributed by atoms with Gasteiger partial charge in [0.2, 0.25) is 0 Å². The number of sulfonamides is 1. The van der Waals surface area contributed by atoms with Gasteiger partial charge in [0.05, 0.1) is 18.2 Å². The number of fused-ring (bicyclic) bond motifs is 1. The summed E-state index contributed by atoms with van der Waals surface area (Å²) in [6.07, 6.45) is 0. The highest BCUT2D eigenvalue weighted by molar-refractivity contribution is 7.94. The number of hydrogen-bond acceptors (Lipinski definition) is 7. The first-order valence-electron chi connectivity index (χ1n) is 8.54. The summed E-state index contributed by atoms with van der Waals surface area (Å²) in [6.45, 7) is -0.350. The average Bonchev–Trinajstić information content (AvgIpc) is 3.29. The van der Waals surface area contributed by atoms with Gasteiger partial charge in [-0.1, -0.05) is 35.5 Å². The fourth-order valence-electron chi connectivity index (χ4n) is 2.87. The molecule has 4 rings (SSSR count). The molecule has 0 N–H and O–H groups in total. The molecule has 0 aliphatic heterocycles. The van der Waals surface area contributed by atoms with E-state index in [2.05, 4.69) is 10.3 Å². The molecular formula is C19H16N4O4S2. The number of para-hydroxylation sites is 2. The quantitative estimate of drug-likeness (QED) is 0.469. The number of ether oxygens (including phenoxy) is 1. The van der Waals surface area contributed by atoms with Crippen LogP contribution in [0, 0.1) is 0 Å². The van der Waals surface area contributed by atoms with Crippen LogP contribution >= 0.6 is 11.3 Å². The van der Waals surface area contributed by atoms with E-state index in [0.717, 1.165) is 20.3 Å². The number of benzene rings is 2. The molecule has 0 unspecified atom stereocenters. The first-order chi connectivity index (χ1) is 14.0. The molecule has 0 fully saturated rings. The number of anilines is 1. The average molecular weight is 428 g/mol. The smallest absolute Gasteiger partial charge is 0.279 e. The lowest BCUT2D eigenvalue weighted by Gasteiger charge is -2.25. The summed E-state index contributed by atoms with van der Waals surface area (Å²) < 4.78 is 34.3. The predicted octanol–water partition coefficient (Wildman–Crippen LogP) is 2.71. The molecule has 0 radical (unpaired) electrons. The number of nitrogens with zero attached hydrogens (tertiary/aromatic N) is 4. The summed E-state index contributed by atoms with van der Waals surface area (Å²) in [6, 6.07) is 16.6. The van der Waals surface area contributed by atoms with Crippen LogP contribution in [-0.4, -0.2) is 30.5 Å². The van der Waals surface area contributed by atoms with Gasteiger partial charge in [0.15, 0.2) is 0 Å². The second-order valence-electron chi connectivity index (χ2n) is 6.01. The third-order valence-electron chi connectivity index (χ3n) is 4.29. The molecular weight excluding hydrogens is 412 g/mol. The molecule has 2 heterocycles. The fourth-order valence-corrected chi connectivity index (χ4v) is 5.38. The molecule has 0 saturated carbocycles. The minimum absolute atomic E-state index is 0.144. The normalized spacial score (nSPS) is 11.5. The standard InChI is InChI=1S/C19H16N4O4S2/c1-27-17-10-5-4-9-16(17)23(29(25,26)18-11-6-12-28-18)13-22-19(24)14-7-2-3-8-15(14)20-21-22/h2-12H,13H2,1H3. The Balaban J connectivity index is 1.88. The highest BCUT2D eigenvalue weighted by Gasteiger charge is 2.29. The molecule has 2 aromatic heterocycles. The number of methoxy groups -OCH3 is 1. The first-order valence-corrected chi connectivity index (χ1v) is 10.9. The summed E-state index contributed by atoms with van der Waals surface area (Å²) in [4.78, 5) is 12.9. The van der Waals surface area contributed by atoms with Gasteiger partial charge < -0.3 is 4.74 Å². The summed E-state index contributed by atoms with van der Waals surface area (Å²) in [5, 5.41) is 10.0. The zero-order valence-corrected chi connectivity index (χ0v) is 16.9. The molecule has 4 aromatic rings. The lowest BCUT2D eigenvalue weighted by molar-refractivity contribution is 0.414.